The highest BCUT2D eigenvalue weighted by Crippen LogP contribution is 2.47. The van der Waals surface area contributed by atoms with Crippen LogP contribution in [-0.4, -0.2) is 24.1 Å². The monoisotopic (exact) mass is 897 g/mol. The number of hydrogen-bond donors (Lipinski definition) is 0. The van der Waals surface area contributed by atoms with Crippen LogP contribution in [0.3, 0.4) is 0 Å². The number of rotatable bonds is 6. The van der Waals surface area contributed by atoms with Crippen molar-refractivity contribution in [2.75, 3.05) is 0 Å². The summed E-state index contributed by atoms with van der Waals surface area (Å²) in [5.74, 6) is 1.74. The number of furan rings is 2. The molecule has 0 unspecified atom stereocenters. The molecule has 0 amide bonds. The Morgan fingerprint density at radius 3 is 1.84 bits per heavy atom. The van der Waals surface area contributed by atoms with E-state index in [2.05, 4.69) is 149 Å². The molecule has 5 heterocycles. The quantitative estimate of drug-likeness (QED) is 0.166. The second-order valence-electron chi connectivity index (χ2n) is 18.2. The molecule has 328 valence electrons. The number of allylic oxidation sites excluding steroid dienone is 1. The zero-order chi connectivity index (χ0) is 45.9. The topological polar surface area (TPSA) is 74.8 Å². The highest BCUT2D eigenvalue weighted by Gasteiger charge is 2.28. The number of aromatic nitrogens is 5. The van der Waals surface area contributed by atoms with Gasteiger partial charge in [-0.15, -0.1) is 0 Å². The molecule has 15 rings (SSSR count). The molecular formula is C63H39N5O2. The Kier molecular flexibility index (Phi) is 8.35. The fraction of sp³-hybridized carbons (Fsp3) is 0.0317. The van der Waals surface area contributed by atoms with Crippen LogP contribution in [0.1, 0.15) is 17.7 Å². The third kappa shape index (κ3) is 5.72. The fourth-order valence-corrected chi connectivity index (χ4v) is 11.2. The van der Waals surface area contributed by atoms with Gasteiger partial charge in [0.2, 0.25) is 0 Å². The molecule has 0 saturated heterocycles. The molecule has 0 fully saturated rings. The Morgan fingerprint density at radius 1 is 0.414 bits per heavy atom. The van der Waals surface area contributed by atoms with Gasteiger partial charge in [0, 0.05) is 76.9 Å². The average molecular weight is 898 g/mol. The van der Waals surface area contributed by atoms with Gasteiger partial charge in [-0.05, 0) is 73.0 Å². The van der Waals surface area contributed by atoms with Crippen molar-refractivity contribution >= 4 is 82.7 Å². The normalized spacial score (nSPS) is 12.7. The molecule has 9 aromatic carbocycles. The summed E-state index contributed by atoms with van der Waals surface area (Å²) < 4.78 is 18.9. The molecule has 0 N–H and O–H groups in total. The maximum Gasteiger partial charge on any atom is 0.164 e. The SMILES string of the molecule is C1=Cc2c(n(-c3cccc4c3oc3c(-c5ccc6oc7ccccc7c6c5)c(-c5nc(-c6ccccc6)nc(-c6ccccc6)n5)ccc34)c3c2ccc2c4ccccc4n(-c4ccccc4)c23)CC1. The van der Waals surface area contributed by atoms with E-state index < -0.39 is 0 Å². The molecule has 0 bridgehead atoms. The lowest BCUT2D eigenvalue weighted by Gasteiger charge is -2.15. The summed E-state index contributed by atoms with van der Waals surface area (Å²) in [6.07, 6.45) is 6.47. The molecule has 0 spiro atoms. The van der Waals surface area contributed by atoms with Gasteiger partial charge in [-0.25, -0.2) is 15.0 Å². The van der Waals surface area contributed by atoms with Gasteiger partial charge in [0.1, 0.15) is 16.7 Å². The van der Waals surface area contributed by atoms with E-state index in [0.29, 0.717) is 17.5 Å². The lowest BCUT2D eigenvalue weighted by Crippen LogP contribution is -2.04. The summed E-state index contributed by atoms with van der Waals surface area (Å²) in [6, 6.07) is 70.0. The standard InChI is InChI=1S/C63H39N5O2/c1-4-17-38(18-5-1)61-64-62(39-19-6-2-7-20-39)66-63(65-61)49-35-34-48-47-26-16-29-53(59(47)70-60(48)56(49)40-31-36-55-50(37-40)44-25-12-15-30-54(44)69-55)68-52-28-14-11-24-43(52)46-33-32-45-42-23-10-13-27-51(42)67(57(45)58(46)68)41-21-8-3-9-22-41/h1-13,15-27,29-37H,14,28H2. The van der Waals surface area contributed by atoms with E-state index in [1.165, 1.54) is 38.4 Å². The molecule has 1 aliphatic carbocycles. The maximum absolute atomic E-state index is 7.55. The van der Waals surface area contributed by atoms with Crippen molar-refractivity contribution in [3.05, 3.63) is 218 Å². The van der Waals surface area contributed by atoms with Crippen molar-refractivity contribution in [1.82, 2.24) is 24.1 Å². The van der Waals surface area contributed by atoms with Crippen LogP contribution >= 0.6 is 0 Å². The van der Waals surface area contributed by atoms with Gasteiger partial charge >= 0.3 is 0 Å². The first-order valence-corrected chi connectivity index (χ1v) is 23.8. The van der Waals surface area contributed by atoms with Gasteiger partial charge in [0.05, 0.1) is 22.2 Å². The minimum absolute atomic E-state index is 0.552. The summed E-state index contributed by atoms with van der Waals surface area (Å²) in [4.78, 5) is 15.6. The van der Waals surface area contributed by atoms with Gasteiger partial charge in [-0.1, -0.05) is 158 Å². The minimum atomic E-state index is 0.552. The average Bonchev–Trinajstić information content (AvgIpc) is 4.19. The van der Waals surface area contributed by atoms with E-state index in [4.69, 9.17) is 23.8 Å². The maximum atomic E-state index is 7.55. The van der Waals surface area contributed by atoms with Crippen LogP contribution in [0, 0.1) is 0 Å². The molecule has 0 atom stereocenters. The molecule has 14 aromatic rings. The van der Waals surface area contributed by atoms with E-state index in [0.717, 1.165) is 101 Å². The van der Waals surface area contributed by atoms with Gasteiger partial charge in [-0.3, -0.25) is 0 Å². The highest BCUT2D eigenvalue weighted by atomic mass is 16.3. The van der Waals surface area contributed by atoms with Gasteiger partial charge in [0.25, 0.3) is 0 Å². The first-order valence-electron chi connectivity index (χ1n) is 23.8. The van der Waals surface area contributed by atoms with E-state index in [9.17, 15) is 0 Å². The van der Waals surface area contributed by atoms with Crippen LogP contribution in [0.5, 0.6) is 0 Å². The Hall–Kier alpha value is -9.33. The van der Waals surface area contributed by atoms with Crippen LogP contribution in [0.25, 0.3) is 139 Å². The van der Waals surface area contributed by atoms with Crippen molar-refractivity contribution in [2.45, 2.75) is 12.8 Å². The molecule has 1 aliphatic rings. The second-order valence-corrected chi connectivity index (χ2v) is 18.2. The van der Waals surface area contributed by atoms with E-state index in [1.807, 2.05) is 72.8 Å². The molecule has 5 aromatic heterocycles. The van der Waals surface area contributed by atoms with Gasteiger partial charge < -0.3 is 18.0 Å². The summed E-state index contributed by atoms with van der Waals surface area (Å²) >= 11 is 0. The third-order valence-corrected chi connectivity index (χ3v) is 14.2. The lowest BCUT2D eigenvalue weighted by atomic mass is 9.94. The van der Waals surface area contributed by atoms with E-state index >= 15 is 0 Å². The smallest absolute Gasteiger partial charge is 0.164 e. The largest absolute Gasteiger partial charge is 0.456 e. The third-order valence-electron chi connectivity index (χ3n) is 14.2. The number of nitrogens with zero attached hydrogens (tertiary/aromatic N) is 5. The molecule has 7 nitrogen and oxygen atoms in total. The molecule has 70 heavy (non-hydrogen) atoms. The summed E-state index contributed by atoms with van der Waals surface area (Å²) in [5, 5.41) is 7.74. The Balaban J connectivity index is 1.05. The predicted molar refractivity (Wildman–Crippen MR) is 285 cm³/mol. The number of hydrogen-bond acceptors (Lipinski definition) is 5. The zero-order valence-electron chi connectivity index (χ0n) is 37.7. The molecule has 7 heteroatoms. The molecular weight excluding hydrogens is 859 g/mol. The van der Waals surface area contributed by atoms with Crippen LogP contribution in [0.2, 0.25) is 0 Å². The van der Waals surface area contributed by atoms with Crippen LogP contribution in [0.4, 0.5) is 0 Å². The van der Waals surface area contributed by atoms with E-state index in [-0.39, 0.29) is 0 Å². The molecule has 0 aliphatic heterocycles. The van der Waals surface area contributed by atoms with Crippen LogP contribution in [-0.2, 0) is 6.42 Å². The van der Waals surface area contributed by atoms with Crippen molar-refractivity contribution < 1.29 is 8.83 Å². The summed E-state index contributed by atoms with van der Waals surface area (Å²) in [5.41, 5.74) is 15.9. The summed E-state index contributed by atoms with van der Waals surface area (Å²) in [7, 11) is 0. The van der Waals surface area contributed by atoms with Crippen molar-refractivity contribution in [2.24, 2.45) is 0 Å². The molecule has 0 radical (unpaired) electrons. The van der Waals surface area contributed by atoms with Gasteiger partial charge in [-0.2, -0.15) is 0 Å². The van der Waals surface area contributed by atoms with Crippen molar-refractivity contribution in [3.8, 4) is 56.7 Å². The first-order chi connectivity index (χ1) is 34.7. The zero-order valence-corrected chi connectivity index (χ0v) is 37.7. The van der Waals surface area contributed by atoms with Gasteiger partial charge in [0.15, 0.2) is 23.1 Å². The predicted octanol–water partition coefficient (Wildman–Crippen LogP) is 16.3. The Bertz CT molecular complexity index is 4400. The number of fused-ring (bicyclic) bond motifs is 13. The number of para-hydroxylation sites is 4. The van der Waals surface area contributed by atoms with E-state index in [1.54, 1.807) is 0 Å². The lowest BCUT2D eigenvalue weighted by molar-refractivity contribution is 0.665. The summed E-state index contributed by atoms with van der Waals surface area (Å²) in [6.45, 7) is 0. The second kappa shape index (κ2) is 15.1. The Morgan fingerprint density at radius 2 is 1.04 bits per heavy atom. The van der Waals surface area contributed by atoms with Crippen LogP contribution in [0.15, 0.2) is 215 Å². The first kappa shape index (κ1) is 38.7. The Labute approximate surface area is 400 Å². The highest BCUT2D eigenvalue weighted by molar-refractivity contribution is 6.21. The fourth-order valence-electron chi connectivity index (χ4n) is 11.2. The minimum Gasteiger partial charge on any atom is -0.456 e. The number of benzene rings is 9. The molecule has 0 saturated carbocycles. The van der Waals surface area contributed by atoms with Crippen LogP contribution < -0.4 is 0 Å². The van der Waals surface area contributed by atoms with Crippen molar-refractivity contribution in [3.63, 3.8) is 0 Å². The van der Waals surface area contributed by atoms with Crippen molar-refractivity contribution in [1.29, 1.82) is 0 Å².